The second kappa shape index (κ2) is 3.31. The van der Waals surface area contributed by atoms with Gasteiger partial charge in [0.15, 0.2) is 0 Å². The highest BCUT2D eigenvalue weighted by Gasteiger charge is 2.51. The van der Waals surface area contributed by atoms with Gasteiger partial charge >= 0.3 is 0 Å². The highest BCUT2D eigenvalue weighted by atomic mass is 32.1. The molecule has 0 aromatic rings. The van der Waals surface area contributed by atoms with Gasteiger partial charge < -0.3 is 10.2 Å². The first-order valence-corrected chi connectivity index (χ1v) is 5.63. The molecule has 2 bridgehead atoms. The molecule has 2 rings (SSSR count). The molecule has 3 nitrogen and oxygen atoms in total. The molecule has 0 unspecified atom stereocenters. The molecular weight excluding hydrogens is 218 g/mol. The van der Waals surface area contributed by atoms with Crippen molar-refractivity contribution in [3.8, 4) is 0 Å². The molecule has 2 saturated carbocycles. The van der Waals surface area contributed by atoms with Gasteiger partial charge in [-0.15, -0.1) is 0 Å². The van der Waals surface area contributed by atoms with E-state index in [4.69, 9.17) is 24.4 Å². The predicted molar refractivity (Wildman–Crippen MR) is 61.6 cm³/mol. The SMILES string of the molecule is OC(=S)N(C(O)=S)C12CCC(CC1)C2. The number of hydrogen-bond acceptors (Lipinski definition) is 2. The molecule has 2 N–H and O–H groups in total. The van der Waals surface area contributed by atoms with Crippen molar-refractivity contribution in [3.63, 3.8) is 0 Å². The Hall–Kier alpha value is -0.420. The van der Waals surface area contributed by atoms with Crippen molar-refractivity contribution in [2.75, 3.05) is 0 Å². The van der Waals surface area contributed by atoms with Crippen LogP contribution in [0.3, 0.4) is 0 Å². The van der Waals surface area contributed by atoms with Gasteiger partial charge in [0.1, 0.15) is 0 Å². The zero-order valence-electron chi connectivity index (χ0n) is 7.77. The van der Waals surface area contributed by atoms with Gasteiger partial charge in [0.25, 0.3) is 10.3 Å². The number of aliphatic hydroxyl groups is 2. The number of nitrogens with zero attached hydrogens (tertiary/aromatic N) is 1. The minimum Gasteiger partial charge on any atom is -0.486 e. The lowest BCUT2D eigenvalue weighted by Gasteiger charge is -2.37. The molecule has 0 heterocycles. The van der Waals surface area contributed by atoms with Gasteiger partial charge in [-0.1, -0.05) is 0 Å². The first kappa shape index (κ1) is 10.1. The van der Waals surface area contributed by atoms with Gasteiger partial charge in [-0.2, -0.15) is 0 Å². The van der Waals surface area contributed by atoms with Crippen molar-refractivity contribution in [2.24, 2.45) is 5.92 Å². The van der Waals surface area contributed by atoms with Crippen LogP contribution in [0, 0.1) is 5.92 Å². The van der Waals surface area contributed by atoms with E-state index in [2.05, 4.69) is 0 Å². The molecular formula is C9H13NO2S2. The molecule has 2 aliphatic carbocycles. The Morgan fingerprint density at radius 1 is 1.14 bits per heavy atom. The van der Waals surface area contributed by atoms with Gasteiger partial charge in [0, 0.05) is 0 Å². The summed E-state index contributed by atoms with van der Waals surface area (Å²) in [5.74, 6) is 0.723. The summed E-state index contributed by atoms with van der Waals surface area (Å²) in [7, 11) is 0. The number of hydrogen-bond donors (Lipinski definition) is 2. The van der Waals surface area contributed by atoms with Crippen molar-refractivity contribution < 1.29 is 10.2 Å². The number of fused-ring (bicyclic) bond motifs is 2. The third kappa shape index (κ3) is 1.39. The van der Waals surface area contributed by atoms with E-state index < -0.39 is 0 Å². The molecule has 0 amide bonds. The minimum absolute atomic E-state index is 0.178. The van der Waals surface area contributed by atoms with Crippen LogP contribution in [0.4, 0.5) is 0 Å². The smallest absolute Gasteiger partial charge is 0.264 e. The predicted octanol–water partition coefficient (Wildman–Crippen LogP) is 2.31. The Balaban J connectivity index is 2.26. The summed E-state index contributed by atoms with van der Waals surface area (Å²) in [4.78, 5) is 1.37. The number of thiocarbonyl (C=S) groups is 2. The van der Waals surface area contributed by atoms with E-state index in [1.165, 1.54) is 4.90 Å². The van der Waals surface area contributed by atoms with Crippen LogP contribution in [-0.2, 0) is 0 Å². The van der Waals surface area contributed by atoms with Crippen LogP contribution >= 0.6 is 24.4 Å². The largest absolute Gasteiger partial charge is 0.486 e. The Morgan fingerprint density at radius 2 is 1.64 bits per heavy atom. The Kier molecular flexibility index (Phi) is 2.39. The van der Waals surface area contributed by atoms with Crippen LogP contribution in [0.25, 0.3) is 0 Å². The van der Waals surface area contributed by atoms with Gasteiger partial charge in [-0.05, 0) is 62.5 Å². The molecule has 0 spiro atoms. The standard InChI is InChI=1S/C9H13NO2S2/c11-7(13)10(8(12)14)9-3-1-6(5-9)2-4-9/h6H,1-5H2,(H,11,13)(H,12,14). The molecule has 5 heteroatoms. The second-order valence-electron chi connectivity index (χ2n) is 4.27. The Morgan fingerprint density at radius 3 is 1.93 bits per heavy atom. The molecule has 2 aliphatic rings. The highest BCUT2D eigenvalue weighted by molar-refractivity contribution is 7.81. The first-order valence-electron chi connectivity index (χ1n) is 4.81. The van der Waals surface area contributed by atoms with E-state index in [9.17, 15) is 10.2 Å². The lowest BCUT2D eigenvalue weighted by Crippen LogP contribution is -2.51. The zero-order valence-corrected chi connectivity index (χ0v) is 9.40. The molecule has 0 radical (unpaired) electrons. The summed E-state index contributed by atoms with van der Waals surface area (Å²) in [5, 5.41) is 18.2. The van der Waals surface area contributed by atoms with E-state index in [1.807, 2.05) is 0 Å². The molecule has 14 heavy (non-hydrogen) atoms. The van der Waals surface area contributed by atoms with E-state index in [-0.39, 0.29) is 15.9 Å². The highest BCUT2D eigenvalue weighted by Crippen LogP contribution is 2.51. The fourth-order valence-electron chi connectivity index (χ4n) is 2.96. The van der Waals surface area contributed by atoms with E-state index in [0.29, 0.717) is 0 Å². The third-order valence-electron chi connectivity index (χ3n) is 3.56. The van der Waals surface area contributed by atoms with E-state index in [1.54, 1.807) is 0 Å². The van der Waals surface area contributed by atoms with Gasteiger partial charge in [0.2, 0.25) is 0 Å². The lowest BCUT2D eigenvalue weighted by atomic mass is 9.92. The van der Waals surface area contributed by atoms with Crippen molar-refractivity contribution in [3.05, 3.63) is 0 Å². The maximum absolute atomic E-state index is 9.37. The fraction of sp³-hybridized carbons (Fsp3) is 0.778. The van der Waals surface area contributed by atoms with Crippen molar-refractivity contribution in [2.45, 2.75) is 37.6 Å². The van der Waals surface area contributed by atoms with E-state index >= 15 is 0 Å². The number of aliphatic hydroxyl groups excluding tert-OH is 2. The van der Waals surface area contributed by atoms with Crippen molar-refractivity contribution in [1.29, 1.82) is 0 Å². The van der Waals surface area contributed by atoms with Crippen LogP contribution in [-0.4, -0.2) is 31.0 Å². The number of rotatable bonds is 1. The molecule has 0 aromatic heterocycles. The zero-order chi connectivity index (χ0) is 10.3. The summed E-state index contributed by atoms with van der Waals surface area (Å²) in [6, 6.07) is 0. The summed E-state index contributed by atoms with van der Waals surface area (Å²) in [5.41, 5.74) is -0.178. The normalized spacial score (nSPS) is 34.4. The maximum atomic E-state index is 9.37. The van der Waals surface area contributed by atoms with Gasteiger partial charge in [-0.3, -0.25) is 4.90 Å². The minimum atomic E-state index is -0.292. The van der Waals surface area contributed by atoms with Crippen molar-refractivity contribution >= 4 is 34.8 Å². The van der Waals surface area contributed by atoms with Crippen LogP contribution in [0.2, 0.25) is 0 Å². The second-order valence-corrected chi connectivity index (χ2v) is 5.00. The maximum Gasteiger partial charge on any atom is 0.264 e. The molecule has 0 aliphatic heterocycles. The quantitative estimate of drug-likeness (QED) is 0.678. The van der Waals surface area contributed by atoms with Crippen LogP contribution in [0.5, 0.6) is 0 Å². The molecule has 0 atom stereocenters. The summed E-state index contributed by atoms with van der Waals surface area (Å²) in [6.45, 7) is 0. The fourth-order valence-corrected chi connectivity index (χ4v) is 3.58. The summed E-state index contributed by atoms with van der Waals surface area (Å²) < 4.78 is 0. The van der Waals surface area contributed by atoms with Crippen LogP contribution in [0.15, 0.2) is 0 Å². The monoisotopic (exact) mass is 231 g/mol. The third-order valence-corrected chi connectivity index (χ3v) is 3.93. The average Bonchev–Trinajstić information content (AvgIpc) is 2.61. The molecule has 2 fully saturated rings. The Bertz CT molecular complexity index is 271. The Labute approximate surface area is 93.7 Å². The van der Waals surface area contributed by atoms with Crippen LogP contribution in [0.1, 0.15) is 32.1 Å². The summed E-state index contributed by atoms with van der Waals surface area (Å²) >= 11 is 9.44. The lowest BCUT2D eigenvalue weighted by molar-refractivity contribution is 0.209. The van der Waals surface area contributed by atoms with E-state index in [0.717, 1.165) is 38.0 Å². The van der Waals surface area contributed by atoms with Crippen LogP contribution < -0.4 is 0 Å². The first-order chi connectivity index (χ1) is 6.55. The summed E-state index contributed by atoms with van der Waals surface area (Å²) in [6.07, 6.45) is 5.25. The average molecular weight is 231 g/mol. The van der Waals surface area contributed by atoms with Gasteiger partial charge in [-0.25, -0.2) is 0 Å². The topological polar surface area (TPSA) is 43.7 Å². The van der Waals surface area contributed by atoms with Gasteiger partial charge in [0.05, 0.1) is 5.54 Å². The molecule has 0 saturated heterocycles. The molecule has 0 aromatic carbocycles. The van der Waals surface area contributed by atoms with Crippen molar-refractivity contribution in [1.82, 2.24) is 4.90 Å². The molecule has 78 valence electrons.